The van der Waals surface area contributed by atoms with Crippen LogP contribution in [0.5, 0.6) is 5.75 Å². The lowest BCUT2D eigenvalue weighted by atomic mass is 10.1. The quantitative estimate of drug-likeness (QED) is 0.182. The number of nitrogens with zero attached hydrogens (tertiary/aromatic N) is 1. The number of aryl methyl sites for hydroxylation is 2. The Morgan fingerprint density at radius 2 is 1.74 bits per heavy atom. The van der Waals surface area contributed by atoms with Crippen molar-refractivity contribution >= 4 is 40.8 Å². The number of thiazole rings is 1. The number of hydrogen-bond donors (Lipinski definition) is 1. The molecule has 1 aromatic heterocycles. The van der Waals surface area contributed by atoms with Gasteiger partial charge in [-0.05, 0) is 61.4 Å². The standard InChI is InChI=1S/C28H24F3NO3S3/c1-18-15-22(11-12-24(18)35-16-26(33)34)36-14-13-25-23(17-37-21-5-3-2-4-6-21)32-27(38-25)19-7-9-20(10-8-19)28(29,30)31/h2-12,15H,13-14,16-17H2,1H3,(H,33,34). The van der Waals surface area contributed by atoms with Gasteiger partial charge in [0.25, 0.3) is 0 Å². The van der Waals surface area contributed by atoms with Crippen molar-refractivity contribution in [3.8, 4) is 16.3 Å². The molecule has 4 nitrogen and oxygen atoms in total. The molecule has 0 atom stereocenters. The summed E-state index contributed by atoms with van der Waals surface area (Å²) in [5, 5.41) is 9.52. The summed E-state index contributed by atoms with van der Waals surface area (Å²) in [7, 11) is 0. The maximum Gasteiger partial charge on any atom is 0.416 e. The van der Waals surface area contributed by atoms with Crippen LogP contribution in [0.1, 0.15) is 21.7 Å². The molecule has 0 aliphatic rings. The molecule has 3 aromatic carbocycles. The fourth-order valence-corrected chi connectivity index (χ4v) is 6.72. The maximum atomic E-state index is 13.0. The smallest absolute Gasteiger partial charge is 0.416 e. The Labute approximate surface area is 231 Å². The molecule has 0 aliphatic heterocycles. The minimum atomic E-state index is -4.37. The second-order valence-electron chi connectivity index (χ2n) is 8.27. The number of carbonyl (C=O) groups is 1. The number of rotatable bonds is 11. The van der Waals surface area contributed by atoms with Gasteiger partial charge in [-0.1, -0.05) is 30.3 Å². The SMILES string of the molecule is Cc1cc(SCCc2sc(-c3ccc(C(F)(F)F)cc3)nc2CSc2ccccc2)ccc1OCC(=O)O. The summed E-state index contributed by atoms with van der Waals surface area (Å²) in [6.07, 6.45) is -3.62. The van der Waals surface area contributed by atoms with Crippen LogP contribution in [0.15, 0.2) is 82.6 Å². The van der Waals surface area contributed by atoms with Gasteiger partial charge in [0, 0.05) is 31.7 Å². The van der Waals surface area contributed by atoms with Gasteiger partial charge in [-0.3, -0.25) is 0 Å². The monoisotopic (exact) mass is 575 g/mol. The number of carboxylic acids is 1. The number of benzene rings is 3. The Balaban J connectivity index is 1.47. The molecule has 38 heavy (non-hydrogen) atoms. The van der Waals surface area contributed by atoms with Crippen LogP contribution in [0.25, 0.3) is 10.6 Å². The molecular weight excluding hydrogens is 552 g/mol. The predicted molar refractivity (Wildman–Crippen MR) is 147 cm³/mol. The highest BCUT2D eigenvalue weighted by Gasteiger charge is 2.30. The van der Waals surface area contributed by atoms with Crippen molar-refractivity contribution in [3.05, 3.63) is 94.5 Å². The first-order valence-electron chi connectivity index (χ1n) is 11.6. The highest BCUT2D eigenvalue weighted by Crippen LogP contribution is 2.36. The van der Waals surface area contributed by atoms with Crippen molar-refractivity contribution in [1.29, 1.82) is 0 Å². The van der Waals surface area contributed by atoms with Crippen LogP contribution in [0, 0.1) is 6.92 Å². The van der Waals surface area contributed by atoms with E-state index in [4.69, 9.17) is 14.8 Å². The van der Waals surface area contributed by atoms with E-state index < -0.39 is 17.7 Å². The lowest BCUT2D eigenvalue weighted by molar-refractivity contribution is -0.139. The lowest BCUT2D eigenvalue weighted by Gasteiger charge is -2.09. The molecule has 198 valence electrons. The molecule has 0 amide bonds. The summed E-state index contributed by atoms with van der Waals surface area (Å²) < 4.78 is 44.3. The number of aromatic nitrogens is 1. The highest BCUT2D eigenvalue weighted by molar-refractivity contribution is 7.99. The fraction of sp³-hybridized carbons (Fsp3) is 0.214. The summed E-state index contributed by atoms with van der Waals surface area (Å²) in [5.74, 6) is 0.965. The Morgan fingerprint density at radius 3 is 2.39 bits per heavy atom. The fourth-order valence-electron chi connectivity index (χ4n) is 3.56. The second-order valence-corrected chi connectivity index (χ2v) is 11.6. The molecule has 0 radical (unpaired) electrons. The number of thioether (sulfide) groups is 2. The van der Waals surface area contributed by atoms with Crippen LogP contribution in [0.3, 0.4) is 0 Å². The van der Waals surface area contributed by atoms with E-state index in [1.165, 1.54) is 23.5 Å². The molecule has 0 saturated carbocycles. The minimum absolute atomic E-state index is 0.385. The van der Waals surface area contributed by atoms with E-state index in [2.05, 4.69) is 0 Å². The minimum Gasteiger partial charge on any atom is -0.482 e. The lowest BCUT2D eigenvalue weighted by Crippen LogP contribution is -2.10. The van der Waals surface area contributed by atoms with Gasteiger partial charge in [-0.25, -0.2) is 9.78 Å². The predicted octanol–water partition coefficient (Wildman–Crippen LogP) is 8.23. The number of aliphatic carboxylic acids is 1. The van der Waals surface area contributed by atoms with Crippen LogP contribution in [-0.2, 0) is 23.1 Å². The Bertz CT molecular complexity index is 1370. The molecule has 0 fully saturated rings. The van der Waals surface area contributed by atoms with Crippen LogP contribution in [0.2, 0.25) is 0 Å². The van der Waals surface area contributed by atoms with Crippen LogP contribution < -0.4 is 4.74 Å². The Kier molecular flexibility index (Phi) is 9.40. The molecule has 0 unspecified atom stereocenters. The first-order chi connectivity index (χ1) is 18.2. The zero-order chi connectivity index (χ0) is 27.1. The van der Waals surface area contributed by atoms with Gasteiger partial charge < -0.3 is 9.84 Å². The van der Waals surface area contributed by atoms with Gasteiger partial charge in [-0.2, -0.15) is 13.2 Å². The van der Waals surface area contributed by atoms with E-state index in [-0.39, 0.29) is 6.61 Å². The summed E-state index contributed by atoms with van der Waals surface area (Å²) in [5.41, 5.74) is 1.79. The van der Waals surface area contributed by atoms with E-state index in [0.717, 1.165) is 50.2 Å². The third-order valence-corrected chi connectivity index (χ3v) is 8.68. The zero-order valence-electron chi connectivity index (χ0n) is 20.3. The third kappa shape index (κ3) is 7.78. The van der Waals surface area contributed by atoms with Crippen molar-refractivity contribution in [1.82, 2.24) is 4.98 Å². The number of hydrogen-bond acceptors (Lipinski definition) is 6. The van der Waals surface area contributed by atoms with Crippen molar-refractivity contribution in [2.75, 3.05) is 12.4 Å². The van der Waals surface area contributed by atoms with Crippen LogP contribution in [-0.4, -0.2) is 28.4 Å². The van der Waals surface area contributed by atoms with Crippen molar-refractivity contribution < 1.29 is 27.8 Å². The summed E-state index contributed by atoms with van der Waals surface area (Å²) in [6, 6.07) is 20.8. The molecule has 4 aromatic rings. The first-order valence-corrected chi connectivity index (χ1v) is 14.4. The average Bonchev–Trinajstić information content (AvgIpc) is 3.30. The van der Waals surface area contributed by atoms with Crippen LogP contribution in [0.4, 0.5) is 13.2 Å². The topological polar surface area (TPSA) is 59.4 Å². The normalized spacial score (nSPS) is 11.5. The van der Waals surface area contributed by atoms with Gasteiger partial charge in [0.05, 0.1) is 11.3 Å². The van der Waals surface area contributed by atoms with Crippen molar-refractivity contribution in [2.45, 2.75) is 35.1 Å². The van der Waals surface area contributed by atoms with Gasteiger partial charge in [0.2, 0.25) is 0 Å². The summed E-state index contributed by atoms with van der Waals surface area (Å²) in [6.45, 7) is 1.49. The zero-order valence-corrected chi connectivity index (χ0v) is 22.8. The average molecular weight is 576 g/mol. The molecule has 4 rings (SSSR count). The maximum absolute atomic E-state index is 13.0. The molecule has 1 heterocycles. The molecule has 0 saturated heterocycles. The van der Waals surface area contributed by atoms with Gasteiger partial charge >= 0.3 is 12.1 Å². The molecular formula is C28H24F3NO3S3. The summed E-state index contributed by atoms with van der Waals surface area (Å²) >= 11 is 4.86. The Hall–Kier alpha value is -2.95. The van der Waals surface area contributed by atoms with E-state index in [1.54, 1.807) is 29.6 Å². The summed E-state index contributed by atoms with van der Waals surface area (Å²) in [4.78, 5) is 18.8. The molecule has 1 N–H and O–H groups in total. The van der Waals surface area contributed by atoms with E-state index in [0.29, 0.717) is 22.1 Å². The largest absolute Gasteiger partial charge is 0.482 e. The first kappa shape index (κ1) is 28.1. The highest BCUT2D eigenvalue weighted by atomic mass is 32.2. The number of halogens is 3. The molecule has 10 heteroatoms. The van der Waals surface area contributed by atoms with E-state index in [1.807, 2.05) is 49.4 Å². The second kappa shape index (κ2) is 12.7. The van der Waals surface area contributed by atoms with Crippen LogP contribution >= 0.6 is 34.9 Å². The number of ether oxygens (including phenoxy) is 1. The molecule has 0 aliphatic carbocycles. The van der Waals surface area contributed by atoms with E-state index in [9.17, 15) is 18.0 Å². The number of carboxylic acid groups (broad SMARTS) is 1. The van der Waals surface area contributed by atoms with Crippen molar-refractivity contribution in [3.63, 3.8) is 0 Å². The number of alkyl halides is 3. The van der Waals surface area contributed by atoms with E-state index >= 15 is 0 Å². The van der Waals surface area contributed by atoms with Crippen molar-refractivity contribution in [2.24, 2.45) is 0 Å². The third-order valence-electron chi connectivity index (χ3n) is 5.45. The molecule has 0 spiro atoms. The van der Waals surface area contributed by atoms with Gasteiger partial charge in [0.1, 0.15) is 10.8 Å². The Morgan fingerprint density at radius 1 is 1.00 bits per heavy atom. The molecule has 0 bridgehead atoms. The van der Waals surface area contributed by atoms with Gasteiger partial charge in [-0.15, -0.1) is 34.9 Å². The van der Waals surface area contributed by atoms with Gasteiger partial charge in [0.15, 0.2) is 6.61 Å².